The fraction of sp³-hybridized carbons (Fsp3) is 0.444. The minimum atomic E-state index is -0.449. The predicted octanol–water partition coefficient (Wildman–Crippen LogP) is 9.54. The zero-order valence-corrected chi connectivity index (χ0v) is 25.0. The van der Waals surface area contributed by atoms with Crippen LogP contribution >= 0.6 is 0 Å². The molecule has 1 aliphatic rings. The lowest BCUT2D eigenvalue weighted by molar-refractivity contribution is -0.110. The standard InChI is InChI=1S/C36H46FNO2/c1-7-9-29-10-17-33(18-11-29)36(21-24-39-23-8-2)20-22-38(28(6)40-36)27(5)30-12-14-31(15-13-30)34-19-16-32(26(3)4)25-35(34)37/h10-19,25-27H,6-9,20-24H2,1-5H3. The summed E-state index contributed by atoms with van der Waals surface area (Å²) in [4.78, 5) is 2.24. The van der Waals surface area contributed by atoms with E-state index in [-0.39, 0.29) is 11.9 Å². The first kappa shape index (κ1) is 29.9. The van der Waals surface area contributed by atoms with Gasteiger partial charge in [-0.2, -0.15) is 0 Å². The molecule has 1 fully saturated rings. The van der Waals surface area contributed by atoms with Crippen molar-refractivity contribution in [3.63, 3.8) is 0 Å². The first-order valence-corrected chi connectivity index (χ1v) is 15.0. The Hall–Kier alpha value is -3.11. The third-order valence-corrected chi connectivity index (χ3v) is 8.24. The van der Waals surface area contributed by atoms with Gasteiger partial charge in [-0.05, 0) is 66.1 Å². The van der Waals surface area contributed by atoms with Crippen molar-refractivity contribution in [2.75, 3.05) is 19.8 Å². The summed E-state index contributed by atoms with van der Waals surface area (Å²) < 4.78 is 27.5. The van der Waals surface area contributed by atoms with Gasteiger partial charge in [0, 0.05) is 31.6 Å². The minimum absolute atomic E-state index is 0.0796. The summed E-state index contributed by atoms with van der Waals surface area (Å²) in [6.07, 6.45) is 4.87. The molecule has 1 aliphatic heterocycles. The smallest absolute Gasteiger partial charge is 0.183 e. The highest BCUT2D eigenvalue weighted by Crippen LogP contribution is 2.42. The highest BCUT2D eigenvalue weighted by atomic mass is 19.1. The van der Waals surface area contributed by atoms with E-state index in [1.165, 1.54) is 11.1 Å². The van der Waals surface area contributed by atoms with Gasteiger partial charge in [-0.15, -0.1) is 0 Å². The SMILES string of the molecule is C=C1OC(CCOCCC)(c2ccc(CCC)cc2)CCN1C(C)c1ccc(-c2ccc(C(C)C)cc2F)cc1. The van der Waals surface area contributed by atoms with Gasteiger partial charge < -0.3 is 14.4 Å². The van der Waals surface area contributed by atoms with E-state index in [4.69, 9.17) is 9.47 Å². The monoisotopic (exact) mass is 543 g/mol. The highest BCUT2D eigenvalue weighted by Gasteiger charge is 2.41. The summed E-state index contributed by atoms with van der Waals surface area (Å²) in [6.45, 7) is 17.3. The molecule has 2 unspecified atom stereocenters. The van der Waals surface area contributed by atoms with Crippen molar-refractivity contribution in [2.24, 2.45) is 0 Å². The zero-order valence-electron chi connectivity index (χ0n) is 25.0. The summed E-state index contributed by atoms with van der Waals surface area (Å²) in [5.41, 5.74) is 5.78. The number of rotatable bonds is 12. The van der Waals surface area contributed by atoms with Crippen LogP contribution in [0.25, 0.3) is 11.1 Å². The van der Waals surface area contributed by atoms with Gasteiger partial charge in [0.25, 0.3) is 0 Å². The molecule has 0 saturated carbocycles. The fourth-order valence-electron chi connectivity index (χ4n) is 5.69. The van der Waals surface area contributed by atoms with Gasteiger partial charge in [0.1, 0.15) is 11.4 Å². The van der Waals surface area contributed by atoms with E-state index in [9.17, 15) is 4.39 Å². The molecule has 1 heterocycles. The zero-order chi connectivity index (χ0) is 28.7. The number of nitrogens with zero attached hydrogens (tertiary/aromatic N) is 1. The van der Waals surface area contributed by atoms with Crippen LogP contribution in [0.3, 0.4) is 0 Å². The van der Waals surface area contributed by atoms with E-state index < -0.39 is 5.60 Å². The molecular formula is C36H46FNO2. The second kappa shape index (κ2) is 13.5. The topological polar surface area (TPSA) is 21.7 Å². The largest absolute Gasteiger partial charge is 0.468 e. The van der Waals surface area contributed by atoms with E-state index in [1.54, 1.807) is 6.07 Å². The second-order valence-electron chi connectivity index (χ2n) is 11.4. The summed E-state index contributed by atoms with van der Waals surface area (Å²) in [5.74, 6) is 0.813. The van der Waals surface area contributed by atoms with Crippen LogP contribution in [-0.2, 0) is 21.5 Å². The molecule has 3 nitrogen and oxygen atoms in total. The molecule has 2 atom stereocenters. The van der Waals surface area contributed by atoms with Crippen LogP contribution in [0.1, 0.15) is 94.5 Å². The lowest BCUT2D eigenvalue weighted by atomic mass is 9.85. The van der Waals surface area contributed by atoms with Crippen LogP contribution in [0.2, 0.25) is 0 Å². The molecule has 0 aliphatic carbocycles. The maximum Gasteiger partial charge on any atom is 0.183 e. The summed E-state index contributed by atoms with van der Waals surface area (Å²) in [5, 5.41) is 0. The number of hydrogen-bond donors (Lipinski definition) is 0. The van der Waals surface area contributed by atoms with Crippen LogP contribution < -0.4 is 0 Å². The fourth-order valence-corrected chi connectivity index (χ4v) is 5.69. The second-order valence-corrected chi connectivity index (χ2v) is 11.4. The molecule has 4 rings (SSSR count). The van der Waals surface area contributed by atoms with Gasteiger partial charge in [0.05, 0.1) is 12.6 Å². The number of hydrogen-bond acceptors (Lipinski definition) is 3. The molecule has 0 N–H and O–H groups in total. The minimum Gasteiger partial charge on any atom is -0.468 e. The summed E-state index contributed by atoms with van der Waals surface area (Å²) in [7, 11) is 0. The molecule has 40 heavy (non-hydrogen) atoms. The van der Waals surface area contributed by atoms with Crippen LogP contribution in [0.15, 0.2) is 79.2 Å². The molecule has 0 amide bonds. The number of benzene rings is 3. The summed E-state index contributed by atoms with van der Waals surface area (Å²) in [6, 6.07) is 22.8. The van der Waals surface area contributed by atoms with Crippen molar-refractivity contribution in [1.29, 1.82) is 0 Å². The predicted molar refractivity (Wildman–Crippen MR) is 164 cm³/mol. The summed E-state index contributed by atoms with van der Waals surface area (Å²) >= 11 is 0. The van der Waals surface area contributed by atoms with Crippen LogP contribution in [0.5, 0.6) is 0 Å². The Bertz CT molecular complexity index is 1250. The molecule has 0 spiro atoms. The third kappa shape index (κ3) is 6.78. The highest BCUT2D eigenvalue weighted by molar-refractivity contribution is 5.65. The normalized spacial score (nSPS) is 18.2. The van der Waals surface area contributed by atoms with Crippen molar-refractivity contribution in [3.05, 3.63) is 107 Å². The average Bonchev–Trinajstić information content (AvgIpc) is 2.96. The Labute approximate surface area is 241 Å². The Kier molecular flexibility index (Phi) is 10.1. The van der Waals surface area contributed by atoms with Crippen molar-refractivity contribution < 1.29 is 13.9 Å². The molecule has 1 saturated heterocycles. The van der Waals surface area contributed by atoms with Crippen molar-refractivity contribution in [3.8, 4) is 11.1 Å². The van der Waals surface area contributed by atoms with Crippen molar-refractivity contribution in [1.82, 2.24) is 4.90 Å². The molecular weight excluding hydrogens is 497 g/mol. The average molecular weight is 544 g/mol. The Morgan fingerprint density at radius 1 is 0.925 bits per heavy atom. The van der Waals surface area contributed by atoms with E-state index in [2.05, 4.69) is 82.5 Å². The molecule has 3 aromatic carbocycles. The molecule has 214 valence electrons. The van der Waals surface area contributed by atoms with Crippen molar-refractivity contribution in [2.45, 2.75) is 84.3 Å². The van der Waals surface area contributed by atoms with E-state index >= 15 is 0 Å². The number of aryl methyl sites for hydroxylation is 1. The number of halogens is 1. The van der Waals surface area contributed by atoms with Crippen molar-refractivity contribution >= 4 is 0 Å². The lowest BCUT2D eigenvalue weighted by Crippen LogP contribution is -2.44. The first-order valence-electron chi connectivity index (χ1n) is 15.0. The first-order chi connectivity index (χ1) is 19.3. The van der Waals surface area contributed by atoms with E-state index in [1.807, 2.05) is 24.3 Å². The van der Waals surface area contributed by atoms with E-state index in [0.29, 0.717) is 24.0 Å². The Morgan fingerprint density at radius 3 is 2.23 bits per heavy atom. The molecule has 0 radical (unpaired) electrons. The van der Waals surface area contributed by atoms with Gasteiger partial charge >= 0.3 is 0 Å². The van der Waals surface area contributed by atoms with Crippen LogP contribution in [0.4, 0.5) is 4.39 Å². The van der Waals surface area contributed by atoms with E-state index in [0.717, 1.165) is 61.9 Å². The van der Waals surface area contributed by atoms with Crippen LogP contribution in [0, 0.1) is 5.82 Å². The molecule has 3 aromatic rings. The third-order valence-electron chi connectivity index (χ3n) is 8.24. The maximum absolute atomic E-state index is 14.9. The van der Waals surface area contributed by atoms with Gasteiger partial charge in [-0.3, -0.25) is 0 Å². The van der Waals surface area contributed by atoms with Gasteiger partial charge in [-0.1, -0.05) is 94.8 Å². The Morgan fingerprint density at radius 2 is 1.62 bits per heavy atom. The molecule has 4 heteroatoms. The maximum atomic E-state index is 14.9. The molecule has 0 aromatic heterocycles. The van der Waals surface area contributed by atoms with Gasteiger partial charge in [0.2, 0.25) is 0 Å². The molecule has 0 bridgehead atoms. The Balaban J connectivity index is 1.49. The number of ether oxygens (including phenoxy) is 2. The lowest BCUT2D eigenvalue weighted by Gasteiger charge is -2.46. The van der Waals surface area contributed by atoms with Gasteiger partial charge in [-0.25, -0.2) is 4.39 Å². The van der Waals surface area contributed by atoms with Gasteiger partial charge in [0.15, 0.2) is 5.88 Å². The van der Waals surface area contributed by atoms with Crippen LogP contribution in [-0.4, -0.2) is 24.7 Å². The quantitative estimate of drug-likeness (QED) is 0.212.